The molecule has 0 aliphatic carbocycles. The maximum atomic E-state index is 13.7. The summed E-state index contributed by atoms with van der Waals surface area (Å²) in [5.74, 6) is 1.32. The van der Waals surface area contributed by atoms with Crippen LogP contribution in [0.2, 0.25) is 0 Å². The van der Waals surface area contributed by atoms with E-state index in [2.05, 4.69) is 4.90 Å². The van der Waals surface area contributed by atoms with Crippen molar-refractivity contribution in [2.45, 2.75) is 31.6 Å². The van der Waals surface area contributed by atoms with E-state index in [-0.39, 0.29) is 17.6 Å². The van der Waals surface area contributed by atoms with Crippen LogP contribution < -0.4 is 9.47 Å². The Morgan fingerprint density at radius 1 is 0.971 bits per heavy atom. The zero-order valence-corrected chi connectivity index (χ0v) is 19.7. The van der Waals surface area contributed by atoms with E-state index in [4.69, 9.17) is 9.47 Å². The molecule has 0 aromatic heterocycles. The van der Waals surface area contributed by atoms with Crippen molar-refractivity contribution in [1.82, 2.24) is 9.80 Å². The van der Waals surface area contributed by atoms with E-state index < -0.39 is 11.1 Å². The minimum absolute atomic E-state index is 0.0187. The Morgan fingerprint density at radius 3 is 2.37 bits per heavy atom. The van der Waals surface area contributed by atoms with Gasteiger partial charge in [-0.05, 0) is 47.2 Å². The highest BCUT2D eigenvalue weighted by molar-refractivity contribution is 5.85. The van der Waals surface area contributed by atoms with Gasteiger partial charge in [0.15, 0.2) is 11.5 Å². The summed E-state index contributed by atoms with van der Waals surface area (Å²) >= 11 is 0. The average molecular weight is 474 g/mol. The van der Waals surface area contributed by atoms with Gasteiger partial charge >= 0.3 is 0 Å². The normalized spacial score (nSPS) is 19.3. The van der Waals surface area contributed by atoms with Crippen LogP contribution in [0.15, 0.2) is 66.7 Å². The Balaban J connectivity index is 1.53. The number of fused-ring (bicyclic) bond motifs is 2. The summed E-state index contributed by atoms with van der Waals surface area (Å²) in [7, 11) is 3.20. The zero-order valence-electron chi connectivity index (χ0n) is 19.7. The maximum absolute atomic E-state index is 13.7. The van der Waals surface area contributed by atoms with Crippen LogP contribution in [0.3, 0.4) is 0 Å². The van der Waals surface area contributed by atoms with E-state index in [9.17, 15) is 14.9 Å². The van der Waals surface area contributed by atoms with Crippen LogP contribution in [-0.4, -0.2) is 47.4 Å². The van der Waals surface area contributed by atoms with Crippen molar-refractivity contribution >= 4 is 11.6 Å². The molecule has 0 spiro atoms. The summed E-state index contributed by atoms with van der Waals surface area (Å²) in [6, 6.07) is 20.2. The number of ether oxygens (including phenoxy) is 2. The van der Waals surface area contributed by atoms with Crippen molar-refractivity contribution in [3.8, 4) is 11.5 Å². The fourth-order valence-corrected chi connectivity index (χ4v) is 5.21. The Kier molecular flexibility index (Phi) is 6.13. The van der Waals surface area contributed by atoms with Gasteiger partial charge in [0, 0.05) is 25.2 Å². The van der Waals surface area contributed by atoms with Gasteiger partial charge in [0.05, 0.1) is 25.2 Å². The Morgan fingerprint density at radius 2 is 1.69 bits per heavy atom. The van der Waals surface area contributed by atoms with Crippen molar-refractivity contribution in [2.24, 2.45) is 0 Å². The molecule has 35 heavy (non-hydrogen) atoms. The van der Waals surface area contributed by atoms with Crippen molar-refractivity contribution in [3.63, 3.8) is 0 Å². The number of nitrogens with zero attached hydrogens (tertiary/aromatic N) is 3. The van der Waals surface area contributed by atoms with Gasteiger partial charge in [-0.15, -0.1) is 0 Å². The lowest BCUT2D eigenvalue weighted by atomic mass is 9.93. The molecule has 2 aliphatic heterocycles. The molecule has 1 amide bonds. The molecule has 0 bridgehead atoms. The van der Waals surface area contributed by atoms with E-state index >= 15 is 0 Å². The standard InChI is InChI=1S/C27H27N3O5/c1-34-24-15-20-14-23-27(31)28(12-11-18-7-4-3-5-8-18)26(19-9-6-10-22(13-19)30(32)33)29(23)17-21(20)16-25(24)35-2/h3-10,13,15-16,23,26H,11-12,14,17H2,1-2H3/t23-,26-/m1/s1. The number of hydrogen-bond acceptors (Lipinski definition) is 6. The number of rotatable bonds is 7. The molecular weight excluding hydrogens is 446 g/mol. The van der Waals surface area contributed by atoms with Crippen LogP contribution >= 0.6 is 0 Å². The fraction of sp³-hybridized carbons (Fsp3) is 0.296. The molecule has 3 aromatic carbocycles. The molecule has 180 valence electrons. The van der Waals surface area contributed by atoms with Crippen LogP contribution in [0.1, 0.15) is 28.4 Å². The minimum atomic E-state index is -0.394. The Hall–Kier alpha value is -3.91. The Labute approximate surface area is 203 Å². The third kappa shape index (κ3) is 4.21. The van der Waals surface area contributed by atoms with Gasteiger partial charge in [-0.3, -0.25) is 19.8 Å². The van der Waals surface area contributed by atoms with Crippen LogP contribution in [0.5, 0.6) is 11.5 Å². The molecule has 1 saturated heterocycles. The van der Waals surface area contributed by atoms with Gasteiger partial charge in [-0.25, -0.2) is 0 Å². The van der Waals surface area contributed by atoms with Crippen LogP contribution in [-0.2, 0) is 24.2 Å². The highest BCUT2D eigenvalue weighted by Gasteiger charge is 2.48. The monoisotopic (exact) mass is 473 g/mol. The molecule has 8 heteroatoms. The fourth-order valence-electron chi connectivity index (χ4n) is 5.21. The molecule has 2 heterocycles. The molecule has 0 radical (unpaired) electrons. The predicted molar refractivity (Wildman–Crippen MR) is 130 cm³/mol. The van der Waals surface area contributed by atoms with Gasteiger partial charge < -0.3 is 14.4 Å². The number of nitro groups is 1. The number of non-ortho nitro benzene ring substituents is 1. The first-order valence-electron chi connectivity index (χ1n) is 11.6. The molecule has 2 aliphatic rings. The molecule has 8 nitrogen and oxygen atoms in total. The minimum Gasteiger partial charge on any atom is -0.493 e. The van der Waals surface area contributed by atoms with E-state index in [1.165, 1.54) is 6.07 Å². The third-order valence-electron chi connectivity index (χ3n) is 6.91. The first kappa shape index (κ1) is 22.9. The lowest BCUT2D eigenvalue weighted by Crippen LogP contribution is -2.39. The molecule has 0 saturated carbocycles. The largest absolute Gasteiger partial charge is 0.493 e. The van der Waals surface area contributed by atoms with Crippen LogP contribution in [0, 0.1) is 10.1 Å². The first-order chi connectivity index (χ1) is 17.0. The molecule has 3 aromatic rings. The van der Waals surface area contributed by atoms with Gasteiger partial charge in [-0.2, -0.15) is 0 Å². The highest BCUT2D eigenvalue weighted by Crippen LogP contribution is 2.43. The summed E-state index contributed by atoms with van der Waals surface area (Å²) in [5, 5.41) is 11.5. The number of amides is 1. The second kappa shape index (κ2) is 9.38. The first-order valence-corrected chi connectivity index (χ1v) is 11.6. The SMILES string of the molecule is COc1cc2c(cc1OC)CN1[C@H](C2)C(=O)N(CCc2ccccc2)[C@H]1c1cccc([N+](=O)[O-])c1. The van der Waals surface area contributed by atoms with Gasteiger partial charge in [0.25, 0.3) is 5.69 Å². The van der Waals surface area contributed by atoms with Crippen molar-refractivity contribution in [1.29, 1.82) is 0 Å². The molecule has 1 fully saturated rings. The second-order valence-electron chi connectivity index (χ2n) is 8.86. The van der Waals surface area contributed by atoms with Gasteiger partial charge in [0.1, 0.15) is 6.17 Å². The third-order valence-corrected chi connectivity index (χ3v) is 6.91. The van der Waals surface area contributed by atoms with E-state index in [0.717, 1.165) is 22.3 Å². The molecule has 5 rings (SSSR count). The average Bonchev–Trinajstić information content (AvgIpc) is 3.16. The van der Waals surface area contributed by atoms with Crippen molar-refractivity contribution < 1.29 is 19.2 Å². The number of hydrogen-bond donors (Lipinski definition) is 0. The smallest absolute Gasteiger partial charge is 0.269 e. The van der Waals surface area contributed by atoms with Crippen molar-refractivity contribution in [2.75, 3.05) is 20.8 Å². The quantitative estimate of drug-likeness (QED) is 0.379. The number of methoxy groups -OCH3 is 2. The highest BCUT2D eigenvalue weighted by atomic mass is 16.6. The van der Waals surface area contributed by atoms with Crippen LogP contribution in [0.4, 0.5) is 5.69 Å². The molecule has 0 N–H and O–H groups in total. The Bertz CT molecular complexity index is 1260. The number of carbonyl (C=O) groups is 1. The number of carbonyl (C=O) groups excluding carboxylic acids is 1. The molecule has 2 atom stereocenters. The van der Waals surface area contributed by atoms with Crippen molar-refractivity contribution in [3.05, 3.63) is 99.1 Å². The van der Waals surface area contributed by atoms with Gasteiger partial charge in [0.2, 0.25) is 5.91 Å². The number of nitro benzene ring substituents is 1. The number of benzene rings is 3. The lowest BCUT2D eigenvalue weighted by molar-refractivity contribution is -0.385. The lowest BCUT2D eigenvalue weighted by Gasteiger charge is -2.35. The summed E-state index contributed by atoms with van der Waals surface area (Å²) in [6.07, 6.45) is 0.854. The molecule has 0 unspecified atom stereocenters. The summed E-state index contributed by atoms with van der Waals surface area (Å²) in [5.41, 5.74) is 4.02. The topological polar surface area (TPSA) is 85.2 Å². The molecular formula is C27H27N3O5. The summed E-state index contributed by atoms with van der Waals surface area (Å²) in [4.78, 5) is 28.9. The summed E-state index contributed by atoms with van der Waals surface area (Å²) in [6.45, 7) is 1.05. The van der Waals surface area contributed by atoms with E-state index in [1.54, 1.807) is 26.4 Å². The van der Waals surface area contributed by atoms with E-state index in [1.807, 2.05) is 53.4 Å². The van der Waals surface area contributed by atoms with E-state index in [0.29, 0.717) is 37.4 Å². The second-order valence-corrected chi connectivity index (χ2v) is 8.86. The maximum Gasteiger partial charge on any atom is 0.269 e. The van der Waals surface area contributed by atoms with Crippen LogP contribution in [0.25, 0.3) is 0 Å². The van der Waals surface area contributed by atoms with Gasteiger partial charge in [-0.1, -0.05) is 42.5 Å². The zero-order chi connectivity index (χ0) is 24.5. The predicted octanol–water partition coefficient (Wildman–Crippen LogP) is 4.12. The summed E-state index contributed by atoms with van der Waals surface area (Å²) < 4.78 is 11.0.